The van der Waals surface area contributed by atoms with Crippen molar-refractivity contribution in [3.63, 3.8) is 0 Å². The molecule has 0 aromatic carbocycles. The van der Waals surface area contributed by atoms with Crippen molar-refractivity contribution >= 4 is 0 Å². The van der Waals surface area contributed by atoms with Crippen molar-refractivity contribution in [2.24, 2.45) is 45.8 Å². The summed E-state index contributed by atoms with van der Waals surface area (Å²) in [6.07, 6.45) is 16.2. The van der Waals surface area contributed by atoms with Crippen LogP contribution in [0.5, 0.6) is 0 Å². The highest BCUT2D eigenvalue weighted by Crippen LogP contribution is 2.69. The molecule has 0 aromatic heterocycles. The second kappa shape index (κ2) is 10.0. The number of aliphatic hydroxyl groups excluding tert-OH is 2. The van der Waals surface area contributed by atoms with Gasteiger partial charge in [-0.3, -0.25) is 0 Å². The molecule has 0 radical (unpaired) electrons. The Bertz CT molecular complexity index is 847. The van der Waals surface area contributed by atoms with E-state index in [1.807, 2.05) is 12.2 Å². The van der Waals surface area contributed by atoms with E-state index in [4.69, 9.17) is 0 Å². The Labute approximate surface area is 221 Å². The first-order valence-corrected chi connectivity index (χ1v) is 14.9. The molecule has 3 N–H and O–H groups in total. The molecule has 4 rings (SSSR count). The van der Waals surface area contributed by atoms with Gasteiger partial charge in [-0.15, -0.1) is 13.2 Å². The lowest BCUT2D eigenvalue weighted by Gasteiger charge is -2.62. The van der Waals surface area contributed by atoms with E-state index < -0.39 is 11.7 Å². The molecule has 0 bridgehead atoms. The van der Waals surface area contributed by atoms with Crippen molar-refractivity contribution in [3.05, 3.63) is 37.0 Å². The van der Waals surface area contributed by atoms with Gasteiger partial charge < -0.3 is 15.3 Å². The fourth-order valence-electron chi connectivity index (χ4n) is 10.1. The van der Waals surface area contributed by atoms with E-state index in [1.54, 1.807) is 0 Å². The third-order valence-electron chi connectivity index (χ3n) is 12.1. The third kappa shape index (κ3) is 4.50. The van der Waals surface area contributed by atoms with Gasteiger partial charge in [0.25, 0.3) is 0 Å². The SMILES string of the molecule is C=CCC(O)(CC=C)CCC[C@@H](C)[C@H]1CC[C@H]2[C@@H]3[C@@H](O)C=C4C(C)(C)[C@@H](O)CC[C@]4(C)[C@H]3CC[C@]12C. The fraction of sp³-hybridized carbons (Fsp3) is 0.818. The molecule has 0 saturated heterocycles. The van der Waals surface area contributed by atoms with E-state index >= 15 is 0 Å². The number of hydrogen-bond donors (Lipinski definition) is 3. The van der Waals surface area contributed by atoms with Crippen molar-refractivity contribution in [1.82, 2.24) is 0 Å². The number of fused-ring (bicyclic) bond motifs is 5. The highest BCUT2D eigenvalue weighted by Gasteiger charge is 2.63. The Balaban J connectivity index is 1.49. The standard InChI is InChI=1S/C33H54O3/c1-8-16-33(36,17-9-2)18-10-11-22(3)23-12-13-24-29-25(14-19-31(23,24)6)32(7)20-15-28(35)30(4,5)27(32)21-26(29)34/h8-9,21-26,28-29,34-36H,1-2,10-20H2,3-7H3/t22-,23-,24+,25+,26+,28+,29+,31-,32-/m1/s1. The third-order valence-corrected chi connectivity index (χ3v) is 12.1. The second-order valence-electron chi connectivity index (χ2n) is 14.4. The molecular weight excluding hydrogens is 444 g/mol. The van der Waals surface area contributed by atoms with Gasteiger partial charge in [0, 0.05) is 5.41 Å². The zero-order valence-electron chi connectivity index (χ0n) is 23.8. The highest BCUT2D eigenvalue weighted by molar-refractivity contribution is 5.33. The molecule has 4 aliphatic carbocycles. The van der Waals surface area contributed by atoms with Gasteiger partial charge in [0.15, 0.2) is 0 Å². The van der Waals surface area contributed by atoms with Gasteiger partial charge in [-0.25, -0.2) is 0 Å². The van der Waals surface area contributed by atoms with E-state index in [9.17, 15) is 15.3 Å². The fourth-order valence-corrected chi connectivity index (χ4v) is 10.1. The largest absolute Gasteiger partial charge is 0.392 e. The van der Waals surface area contributed by atoms with E-state index in [0.29, 0.717) is 42.4 Å². The molecule has 204 valence electrons. The molecule has 36 heavy (non-hydrogen) atoms. The zero-order chi connectivity index (χ0) is 26.5. The molecule has 3 fully saturated rings. The minimum Gasteiger partial charge on any atom is -0.392 e. The van der Waals surface area contributed by atoms with Crippen LogP contribution in [0.4, 0.5) is 0 Å². The van der Waals surface area contributed by atoms with E-state index in [-0.39, 0.29) is 22.3 Å². The number of rotatable bonds is 9. The first-order chi connectivity index (χ1) is 16.8. The summed E-state index contributed by atoms with van der Waals surface area (Å²) in [7, 11) is 0. The van der Waals surface area contributed by atoms with Gasteiger partial charge in [-0.1, -0.05) is 71.3 Å². The Morgan fingerprint density at radius 2 is 1.67 bits per heavy atom. The predicted molar refractivity (Wildman–Crippen MR) is 149 cm³/mol. The maximum atomic E-state index is 11.6. The summed E-state index contributed by atoms with van der Waals surface area (Å²) >= 11 is 0. The minimum absolute atomic E-state index is 0.0957. The topological polar surface area (TPSA) is 60.7 Å². The maximum absolute atomic E-state index is 11.6. The zero-order valence-corrected chi connectivity index (χ0v) is 23.8. The first-order valence-electron chi connectivity index (χ1n) is 14.9. The van der Waals surface area contributed by atoms with Crippen LogP contribution in [0.2, 0.25) is 0 Å². The molecule has 0 spiro atoms. The lowest BCUT2D eigenvalue weighted by molar-refractivity contribution is -0.111. The summed E-state index contributed by atoms with van der Waals surface area (Å²) in [5, 5.41) is 33.4. The van der Waals surface area contributed by atoms with Crippen LogP contribution in [0, 0.1) is 45.8 Å². The van der Waals surface area contributed by atoms with Crippen LogP contribution in [0.3, 0.4) is 0 Å². The van der Waals surface area contributed by atoms with Gasteiger partial charge in [-0.2, -0.15) is 0 Å². The monoisotopic (exact) mass is 498 g/mol. The van der Waals surface area contributed by atoms with Gasteiger partial charge in [0.2, 0.25) is 0 Å². The molecule has 0 aliphatic heterocycles. The summed E-state index contributed by atoms with van der Waals surface area (Å²) in [5.41, 5.74) is 0.742. The van der Waals surface area contributed by atoms with Crippen LogP contribution >= 0.6 is 0 Å². The summed E-state index contributed by atoms with van der Waals surface area (Å²) in [6.45, 7) is 19.5. The van der Waals surface area contributed by atoms with Gasteiger partial charge in [0.1, 0.15) is 0 Å². The molecule has 0 amide bonds. The molecule has 3 heteroatoms. The lowest BCUT2D eigenvalue weighted by atomic mass is 9.43. The Morgan fingerprint density at radius 3 is 2.31 bits per heavy atom. The Hall–Kier alpha value is -0.900. The maximum Gasteiger partial charge on any atom is 0.0757 e. The Morgan fingerprint density at radius 1 is 1.00 bits per heavy atom. The average molecular weight is 499 g/mol. The van der Waals surface area contributed by atoms with E-state index in [0.717, 1.165) is 32.1 Å². The van der Waals surface area contributed by atoms with Crippen molar-refractivity contribution in [3.8, 4) is 0 Å². The van der Waals surface area contributed by atoms with Gasteiger partial charge >= 0.3 is 0 Å². The quantitative estimate of drug-likeness (QED) is 0.294. The molecule has 3 saturated carbocycles. The predicted octanol–water partition coefficient (Wildman–Crippen LogP) is 7.22. The van der Waals surface area contributed by atoms with Crippen molar-refractivity contribution < 1.29 is 15.3 Å². The second-order valence-corrected chi connectivity index (χ2v) is 14.4. The smallest absolute Gasteiger partial charge is 0.0757 e. The molecule has 4 aliphatic rings. The highest BCUT2D eigenvalue weighted by atomic mass is 16.3. The number of hydrogen-bond acceptors (Lipinski definition) is 3. The normalized spacial score (nSPS) is 42.5. The average Bonchev–Trinajstić information content (AvgIpc) is 3.16. The van der Waals surface area contributed by atoms with E-state index in [1.165, 1.54) is 31.3 Å². The summed E-state index contributed by atoms with van der Waals surface area (Å²) in [6, 6.07) is 0. The van der Waals surface area contributed by atoms with Crippen LogP contribution in [0.1, 0.15) is 105 Å². The van der Waals surface area contributed by atoms with E-state index in [2.05, 4.69) is 53.9 Å². The molecular formula is C33H54O3. The van der Waals surface area contributed by atoms with Crippen LogP contribution in [-0.4, -0.2) is 33.1 Å². The van der Waals surface area contributed by atoms with Crippen LogP contribution in [-0.2, 0) is 0 Å². The van der Waals surface area contributed by atoms with Crippen molar-refractivity contribution in [2.45, 2.75) is 123 Å². The molecule has 9 atom stereocenters. The number of aliphatic hydroxyl groups is 3. The van der Waals surface area contributed by atoms with Gasteiger partial charge in [-0.05, 0) is 98.2 Å². The van der Waals surface area contributed by atoms with Crippen molar-refractivity contribution in [1.29, 1.82) is 0 Å². The minimum atomic E-state index is -0.698. The lowest BCUT2D eigenvalue weighted by Crippen LogP contribution is -2.58. The van der Waals surface area contributed by atoms with Crippen LogP contribution in [0.15, 0.2) is 37.0 Å². The molecule has 3 nitrogen and oxygen atoms in total. The molecule has 0 unspecified atom stereocenters. The summed E-state index contributed by atoms with van der Waals surface area (Å²) < 4.78 is 0. The van der Waals surface area contributed by atoms with Crippen LogP contribution < -0.4 is 0 Å². The van der Waals surface area contributed by atoms with Crippen molar-refractivity contribution in [2.75, 3.05) is 0 Å². The first kappa shape index (κ1) is 28.1. The molecule has 0 heterocycles. The van der Waals surface area contributed by atoms with Crippen LogP contribution in [0.25, 0.3) is 0 Å². The van der Waals surface area contributed by atoms with Gasteiger partial charge in [0.05, 0.1) is 17.8 Å². The summed E-state index contributed by atoms with van der Waals surface area (Å²) in [5.74, 6) is 2.73. The Kier molecular flexibility index (Phi) is 7.82. The molecule has 0 aromatic rings. The summed E-state index contributed by atoms with van der Waals surface area (Å²) in [4.78, 5) is 0.